The molecule has 2 atom stereocenters. The molecule has 1 saturated heterocycles. The molecule has 0 spiro atoms. The van der Waals surface area contributed by atoms with Gasteiger partial charge in [0.25, 0.3) is 0 Å². The number of nitrogens with one attached hydrogen (secondary N) is 1. The second kappa shape index (κ2) is 4.14. The van der Waals surface area contributed by atoms with Crippen LogP contribution in [-0.4, -0.2) is 13.1 Å². The van der Waals surface area contributed by atoms with Crippen molar-refractivity contribution in [2.45, 2.75) is 32.1 Å². The molecule has 2 nitrogen and oxygen atoms in total. The van der Waals surface area contributed by atoms with Crippen molar-refractivity contribution in [1.82, 2.24) is 5.32 Å². The van der Waals surface area contributed by atoms with Crippen molar-refractivity contribution in [3.8, 4) is 0 Å². The summed E-state index contributed by atoms with van der Waals surface area (Å²) in [6.45, 7) is 2.46. The third-order valence-corrected chi connectivity index (χ3v) is 3.49. The van der Waals surface area contributed by atoms with Crippen LogP contribution in [0.25, 0.3) is 0 Å². The predicted molar refractivity (Wildman–Crippen MR) is 55.2 cm³/mol. The van der Waals surface area contributed by atoms with Crippen molar-refractivity contribution >= 4 is 0 Å². The first-order chi connectivity index (χ1) is 6.36. The van der Waals surface area contributed by atoms with Gasteiger partial charge in [0.1, 0.15) is 0 Å². The van der Waals surface area contributed by atoms with Gasteiger partial charge < -0.3 is 11.1 Å². The van der Waals surface area contributed by atoms with Crippen LogP contribution < -0.4 is 11.1 Å². The molecular formula is C11H20N2. The summed E-state index contributed by atoms with van der Waals surface area (Å²) in [6, 6.07) is 0. The summed E-state index contributed by atoms with van der Waals surface area (Å²) >= 11 is 0. The largest absolute Gasteiger partial charge is 0.402 e. The van der Waals surface area contributed by atoms with E-state index in [4.69, 9.17) is 5.73 Å². The normalized spacial score (nSPS) is 35.5. The van der Waals surface area contributed by atoms with Gasteiger partial charge in [0.05, 0.1) is 0 Å². The molecule has 0 aromatic carbocycles. The molecule has 1 unspecified atom stereocenters. The van der Waals surface area contributed by atoms with Gasteiger partial charge >= 0.3 is 0 Å². The maximum Gasteiger partial charge on any atom is 0.00401 e. The van der Waals surface area contributed by atoms with Crippen LogP contribution in [0.4, 0.5) is 0 Å². The fraction of sp³-hybridized carbons (Fsp3) is 0.818. The molecule has 0 aromatic heterocycles. The lowest BCUT2D eigenvalue weighted by atomic mass is 9.79. The van der Waals surface area contributed by atoms with E-state index in [1.54, 1.807) is 0 Å². The molecule has 1 aliphatic carbocycles. The van der Waals surface area contributed by atoms with E-state index >= 15 is 0 Å². The highest BCUT2D eigenvalue weighted by molar-refractivity contribution is 5.02. The van der Waals surface area contributed by atoms with Gasteiger partial charge in [-0.1, -0.05) is 6.08 Å². The Kier molecular flexibility index (Phi) is 2.89. The highest BCUT2D eigenvalue weighted by Crippen LogP contribution is 2.31. The fourth-order valence-corrected chi connectivity index (χ4v) is 2.58. The van der Waals surface area contributed by atoms with Gasteiger partial charge in [-0.3, -0.25) is 0 Å². The van der Waals surface area contributed by atoms with Gasteiger partial charge in [-0.25, -0.2) is 0 Å². The molecule has 13 heavy (non-hydrogen) atoms. The van der Waals surface area contributed by atoms with Gasteiger partial charge in [0, 0.05) is 5.70 Å². The molecule has 0 saturated carbocycles. The molecule has 74 valence electrons. The van der Waals surface area contributed by atoms with Crippen molar-refractivity contribution < 1.29 is 0 Å². The van der Waals surface area contributed by atoms with Crippen molar-refractivity contribution in [2.24, 2.45) is 17.6 Å². The zero-order valence-corrected chi connectivity index (χ0v) is 8.26. The lowest BCUT2D eigenvalue weighted by Gasteiger charge is -2.32. The first-order valence-corrected chi connectivity index (χ1v) is 5.51. The Morgan fingerprint density at radius 1 is 1.31 bits per heavy atom. The van der Waals surface area contributed by atoms with Crippen LogP contribution in [-0.2, 0) is 0 Å². The number of rotatable bonds is 1. The van der Waals surface area contributed by atoms with Crippen LogP contribution in [0.1, 0.15) is 32.1 Å². The molecule has 2 rings (SSSR count). The summed E-state index contributed by atoms with van der Waals surface area (Å²) in [5.74, 6) is 1.82. The van der Waals surface area contributed by atoms with Crippen LogP contribution in [0.5, 0.6) is 0 Å². The zero-order chi connectivity index (χ0) is 9.10. The average Bonchev–Trinajstić information content (AvgIpc) is 2.20. The maximum atomic E-state index is 5.77. The highest BCUT2D eigenvalue weighted by atomic mass is 14.9. The third kappa shape index (κ3) is 2.25. The predicted octanol–water partition coefficient (Wildman–Crippen LogP) is 1.63. The molecule has 2 aliphatic rings. The standard InChI is InChI=1S/C11H20N2/c12-11-5-3-9(4-6-11)10-2-1-7-13-8-10/h5,9-10,13H,1-4,6-8,12H2/t9-,10?/m0/s1. The van der Waals surface area contributed by atoms with Crippen LogP contribution in [0.2, 0.25) is 0 Å². The number of nitrogens with two attached hydrogens (primary N) is 1. The molecule has 0 amide bonds. The number of hydrogen-bond acceptors (Lipinski definition) is 2. The zero-order valence-electron chi connectivity index (χ0n) is 8.26. The number of piperidine rings is 1. The van der Waals surface area contributed by atoms with Crippen LogP contribution in [0, 0.1) is 11.8 Å². The minimum absolute atomic E-state index is 0.903. The van der Waals surface area contributed by atoms with Gasteiger partial charge in [0.15, 0.2) is 0 Å². The van der Waals surface area contributed by atoms with Crippen molar-refractivity contribution in [2.75, 3.05) is 13.1 Å². The van der Waals surface area contributed by atoms with Crippen LogP contribution in [0.3, 0.4) is 0 Å². The summed E-state index contributed by atoms with van der Waals surface area (Å²) < 4.78 is 0. The summed E-state index contributed by atoms with van der Waals surface area (Å²) in [5.41, 5.74) is 6.88. The lowest BCUT2D eigenvalue weighted by Crippen LogP contribution is -2.34. The van der Waals surface area contributed by atoms with Crippen molar-refractivity contribution in [1.29, 1.82) is 0 Å². The Hall–Kier alpha value is -0.500. The summed E-state index contributed by atoms with van der Waals surface area (Å²) in [5, 5.41) is 3.49. The van der Waals surface area contributed by atoms with E-state index in [0.717, 1.165) is 24.0 Å². The van der Waals surface area contributed by atoms with E-state index in [9.17, 15) is 0 Å². The SMILES string of the molecule is NC1=CC[C@H](C2CCCNC2)CC1. The van der Waals surface area contributed by atoms with E-state index in [1.807, 2.05) is 0 Å². The van der Waals surface area contributed by atoms with E-state index in [-0.39, 0.29) is 0 Å². The topological polar surface area (TPSA) is 38.0 Å². The molecule has 0 aromatic rings. The third-order valence-electron chi connectivity index (χ3n) is 3.49. The van der Waals surface area contributed by atoms with Gasteiger partial charge in [-0.15, -0.1) is 0 Å². The minimum Gasteiger partial charge on any atom is -0.402 e. The van der Waals surface area contributed by atoms with E-state index in [0.29, 0.717) is 0 Å². The molecule has 3 N–H and O–H groups in total. The Bertz CT molecular complexity index is 192. The quantitative estimate of drug-likeness (QED) is 0.643. The number of hydrogen-bond donors (Lipinski definition) is 2. The second-order valence-electron chi connectivity index (χ2n) is 4.42. The Morgan fingerprint density at radius 2 is 2.23 bits per heavy atom. The monoisotopic (exact) mass is 180 g/mol. The Balaban J connectivity index is 1.86. The Labute approximate surface area is 80.6 Å². The second-order valence-corrected chi connectivity index (χ2v) is 4.42. The molecule has 1 aliphatic heterocycles. The lowest BCUT2D eigenvalue weighted by molar-refractivity contribution is 0.246. The summed E-state index contributed by atoms with van der Waals surface area (Å²) in [7, 11) is 0. The van der Waals surface area contributed by atoms with E-state index in [1.165, 1.54) is 38.8 Å². The Morgan fingerprint density at radius 3 is 2.85 bits per heavy atom. The molecular weight excluding hydrogens is 160 g/mol. The van der Waals surface area contributed by atoms with Gasteiger partial charge in [0.2, 0.25) is 0 Å². The van der Waals surface area contributed by atoms with E-state index < -0.39 is 0 Å². The van der Waals surface area contributed by atoms with Crippen LogP contribution >= 0.6 is 0 Å². The van der Waals surface area contributed by atoms with Crippen molar-refractivity contribution in [3.63, 3.8) is 0 Å². The smallest absolute Gasteiger partial charge is 0.00401 e. The maximum absolute atomic E-state index is 5.77. The minimum atomic E-state index is 0.903. The van der Waals surface area contributed by atoms with Gasteiger partial charge in [-0.2, -0.15) is 0 Å². The van der Waals surface area contributed by atoms with Crippen LogP contribution in [0.15, 0.2) is 11.8 Å². The van der Waals surface area contributed by atoms with E-state index in [2.05, 4.69) is 11.4 Å². The number of allylic oxidation sites excluding steroid dienone is 2. The summed E-state index contributed by atoms with van der Waals surface area (Å²) in [4.78, 5) is 0. The summed E-state index contributed by atoms with van der Waals surface area (Å²) in [6.07, 6.45) is 8.68. The molecule has 0 bridgehead atoms. The van der Waals surface area contributed by atoms with Crippen molar-refractivity contribution in [3.05, 3.63) is 11.8 Å². The first-order valence-electron chi connectivity index (χ1n) is 5.51. The molecule has 1 fully saturated rings. The van der Waals surface area contributed by atoms with Gasteiger partial charge in [-0.05, 0) is 57.0 Å². The highest BCUT2D eigenvalue weighted by Gasteiger charge is 2.24. The fourth-order valence-electron chi connectivity index (χ4n) is 2.58. The first kappa shape index (κ1) is 9.07. The molecule has 2 heteroatoms. The molecule has 1 heterocycles. The molecule has 0 radical (unpaired) electrons. The average molecular weight is 180 g/mol.